The SMILES string of the molecule is CCO[C@@H]1CCN(C(=O)OC(C)(C)C)C[C@H]1Oc1cccc(C(F)(F)F)c1. The monoisotopic (exact) mass is 389 g/mol. The Kier molecular flexibility index (Phi) is 6.62. The molecule has 0 N–H and O–H groups in total. The van der Waals surface area contributed by atoms with Crippen LogP contribution in [0.4, 0.5) is 18.0 Å². The molecule has 1 saturated heterocycles. The van der Waals surface area contributed by atoms with Crippen LogP contribution < -0.4 is 4.74 Å². The van der Waals surface area contributed by atoms with E-state index >= 15 is 0 Å². The van der Waals surface area contributed by atoms with Crippen LogP contribution in [0.25, 0.3) is 0 Å². The molecule has 0 aromatic heterocycles. The Morgan fingerprint density at radius 3 is 2.52 bits per heavy atom. The van der Waals surface area contributed by atoms with Gasteiger partial charge in [0, 0.05) is 13.2 Å². The van der Waals surface area contributed by atoms with Gasteiger partial charge in [-0.2, -0.15) is 13.2 Å². The molecule has 0 radical (unpaired) electrons. The van der Waals surface area contributed by atoms with Gasteiger partial charge in [0.25, 0.3) is 0 Å². The molecule has 27 heavy (non-hydrogen) atoms. The number of hydrogen-bond acceptors (Lipinski definition) is 4. The first-order chi connectivity index (χ1) is 12.5. The Bertz CT molecular complexity index is 643. The van der Waals surface area contributed by atoms with Crippen molar-refractivity contribution < 1.29 is 32.2 Å². The quantitative estimate of drug-likeness (QED) is 0.761. The van der Waals surface area contributed by atoms with Crippen molar-refractivity contribution in [3.63, 3.8) is 0 Å². The molecule has 0 unspecified atom stereocenters. The summed E-state index contributed by atoms with van der Waals surface area (Å²) in [6.07, 6.45) is -5.32. The summed E-state index contributed by atoms with van der Waals surface area (Å²) in [5.74, 6) is 0.0885. The predicted octanol–water partition coefficient (Wildman–Crippen LogP) is 4.50. The van der Waals surface area contributed by atoms with Gasteiger partial charge in [0.05, 0.1) is 18.2 Å². The molecule has 2 rings (SSSR count). The van der Waals surface area contributed by atoms with Crippen molar-refractivity contribution in [2.45, 2.75) is 58.1 Å². The van der Waals surface area contributed by atoms with Gasteiger partial charge >= 0.3 is 12.3 Å². The number of piperidine rings is 1. The highest BCUT2D eigenvalue weighted by molar-refractivity contribution is 5.68. The number of rotatable bonds is 4. The van der Waals surface area contributed by atoms with Crippen LogP contribution in [0.15, 0.2) is 24.3 Å². The van der Waals surface area contributed by atoms with E-state index in [2.05, 4.69) is 0 Å². The standard InChI is InChI=1S/C19H26F3NO4/c1-5-25-15-9-10-23(17(24)27-18(2,3)4)12-16(15)26-14-8-6-7-13(11-14)19(20,21)22/h6-8,11,15-16H,5,9-10,12H2,1-4H3/t15-,16-/m1/s1. The molecule has 5 nitrogen and oxygen atoms in total. The summed E-state index contributed by atoms with van der Waals surface area (Å²) in [6.45, 7) is 8.20. The molecule has 1 aliphatic heterocycles. The maximum atomic E-state index is 12.9. The van der Waals surface area contributed by atoms with E-state index in [4.69, 9.17) is 14.2 Å². The Morgan fingerprint density at radius 2 is 1.93 bits per heavy atom. The molecule has 1 amide bonds. The molecule has 1 aromatic rings. The highest BCUT2D eigenvalue weighted by Crippen LogP contribution is 2.32. The van der Waals surface area contributed by atoms with Crippen LogP contribution in [0.1, 0.15) is 39.7 Å². The summed E-state index contributed by atoms with van der Waals surface area (Å²) in [6, 6.07) is 4.70. The van der Waals surface area contributed by atoms with E-state index in [-0.39, 0.29) is 18.4 Å². The topological polar surface area (TPSA) is 48.0 Å². The van der Waals surface area contributed by atoms with Crippen LogP contribution in [0.5, 0.6) is 5.75 Å². The highest BCUT2D eigenvalue weighted by Gasteiger charge is 2.36. The zero-order valence-electron chi connectivity index (χ0n) is 16.0. The number of benzene rings is 1. The zero-order chi connectivity index (χ0) is 20.2. The number of amides is 1. The van der Waals surface area contributed by atoms with Gasteiger partial charge in [-0.25, -0.2) is 4.79 Å². The molecule has 0 aliphatic carbocycles. The number of nitrogens with zero attached hydrogens (tertiary/aromatic N) is 1. The van der Waals surface area contributed by atoms with E-state index < -0.39 is 29.5 Å². The van der Waals surface area contributed by atoms with E-state index in [0.29, 0.717) is 19.6 Å². The first-order valence-corrected chi connectivity index (χ1v) is 8.93. The molecule has 1 aromatic carbocycles. The molecule has 1 heterocycles. The second-order valence-corrected chi connectivity index (χ2v) is 7.39. The number of halogens is 3. The van der Waals surface area contributed by atoms with Gasteiger partial charge < -0.3 is 19.1 Å². The molecule has 2 atom stereocenters. The Hall–Kier alpha value is -1.96. The maximum Gasteiger partial charge on any atom is 0.416 e. The fourth-order valence-corrected chi connectivity index (χ4v) is 2.83. The second kappa shape index (κ2) is 8.37. The highest BCUT2D eigenvalue weighted by atomic mass is 19.4. The number of carbonyl (C=O) groups is 1. The van der Waals surface area contributed by atoms with Crippen molar-refractivity contribution in [2.24, 2.45) is 0 Å². The van der Waals surface area contributed by atoms with Crippen LogP contribution in [-0.2, 0) is 15.7 Å². The average molecular weight is 389 g/mol. The van der Waals surface area contributed by atoms with Gasteiger partial charge in [-0.1, -0.05) is 6.07 Å². The molecule has 152 valence electrons. The van der Waals surface area contributed by atoms with Crippen molar-refractivity contribution in [1.29, 1.82) is 0 Å². The first kappa shape index (κ1) is 21.3. The lowest BCUT2D eigenvalue weighted by molar-refractivity contribution is -0.137. The third kappa shape index (κ3) is 6.30. The van der Waals surface area contributed by atoms with Gasteiger partial charge in [-0.15, -0.1) is 0 Å². The first-order valence-electron chi connectivity index (χ1n) is 8.93. The van der Waals surface area contributed by atoms with Crippen LogP contribution in [0, 0.1) is 0 Å². The van der Waals surface area contributed by atoms with Gasteiger partial charge in [0.2, 0.25) is 0 Å². The normalized spacial score (nSPS) is 21.1. The van der Waals surface area contributed by atoms with Crippen LogP contribution in [-0.4, -0.2) is 48.5 Å². The molecule has 1 aliphatic rings. The van der Waals surface area contributed by atoms with Crippen molar-refractivity contribution in [2.75, 3.05) is 19.7 Å². The maximum absolute atomic E-state index is 12.9. The van der Waals surface area contributed by atoms with E-state index in [1.165, 1.54) is 17.0 Å². The predicted molar refractivity (Wildman–Crippen MR) is 93.7 cm³/mol. The summed E-state index contributed by atoms with van der Waals surface area (Å²) in [5.41, 5.74) is -1.42. The lowest BCUT2D eigenvalue weighted by Crippen LogP contribution is -2.53. The average Bonchev–Trinajstić information content (AvgIpc) is 2.54. The fourth-order valence-electron chi connectivity index (χ4n) is 2.83. The van der Waals surface area contributed by atoms with Crippen LogP contribution in [0.2, 0.25) is 0 Å². The minimum Gasteiger partial charge on any atom is -0.486 e. The molecule has 0 saturated carbocycles. The third-order valence-electron chi connectivity index (χ3n) is 3.98. The molecule has 0 spiro atoms. The number of alkyl halides is 3. The van der Waals surface area contributed by atoms with Crippen molar-refractivity contribution in [3.8, 4) is 5.75 Å². The van der Waals surface area contributed by atoms with Crippen molar-refractivity contribution in [3.05, 3.63) is 29.8 Å². The molecular weight excluding hydrogens is 363 g/mol. The Labute approximate surface area is 157 Å². The van der Waals surface area contributed by atoms with E-state index in [1.54, 1.807) is 20.8 Å². The van der Waals surface area contributed by atoms with Crippen molar-refractivity contribution >= 4 is 6.09 Å². The third-order valence-corrected chi connectivity index (χ3v) is 3.98. The van der Waals surface area contributed by atoms with Gasteiger partial charge in [0.15, 0.2) is 0 Å². The van der Waals surface area contributed by atoms with Crippen LogP contribution >= 0.6 is 0 Å². The Morgan fingerprint density at radius 1 is 1.22 bits per heavy atom. The van der Waals surface area contributed by atoms with E-state index in [9.17, 15) is 18.0 Å². The van der Waals surface area contributed by atoms with Crippen molar-refractivity contribution in [1.82, 2.24) is 4.90 Å². The number of hydrogen-bond donors (Lipinski definition) is 0. The smallest absolute Gasteiger partial charge is 0.416 e. The van der Waals surface area contributed by atoms with E-state index in [0.717, 1.165) is 12.1 Å². The zero-order valence-corrected chi connectivity index (χ0v) is 16.0. The summed E-state index contributed by atoms with van der Waals surface area (Å²) >= 11 is 0. The molecule has 8 heteroatoms. The molecular formula is C19H26F3NO4. The lowest BCUT2D eigenvalue weighted by atomic mass is 10.0. The summed E-state index contributed by atoms with van der Waals surface area (Å²) < 4.78 is 55.6. The summed E-state index contributed by atoms with van der Waals surface area (Å²) in [5, 5.41) is 0. The summed E-state index contributed by atoms with van der Waals surface area (Å²) in [7, 11) is 0. The number of ether oxygens (including phenoxy) is 3. The van der Waals surface area contributed by atoms with E-state index in [1.807, 2.05) is 6.92 Å². The van der Waals surface area contributed by atoms with Gasteiger partial charge in [0.1, 0.15) is 17.5 Å². The number of likely N-dealkylation sites (tertiary alicyclic amines) is 1. The molecule has 1 fully saturated rings. The van der Waals surface area contributed by atoms with Gasteiger partial charge in [-0.3, -0.25) is 0 Å². The van der Waals surface area contributed by atoms with Crippen LogP contribution in [0.3, 0.4) is 0 Å². The lowest BCUT2D eigenvalue weighted by Gasteiger charge is -2.38. The molecule has 0 bridgehead atoms. The second-order valence-electron chi connectivity index (χ2n) is 7.39. The van der Waals surface area contributed by atoms with Gasteiger partial charge in [-0.05, 0) is 52.3 Å². The largest absolute Gasteiger partial charge is 0.486 e. The minimum absolute atomic E-state index is 0.0885. The fraction of sp³-hybridized carbons (Fsp3) is 0.632. The minimum atomic E-state index is -4.45. The Balaban J connectivity index is 2.14. The number of carbonyl (C=O) groups excluding carboxylic acids is 1. The summed E-state index contributed by atoms with van der Waals surface area (Å²) in [4.78, 5) is 13.8.